The molecule has 0 aliphatic heterocycles. The van der Waals surface area contributed by atoms with Crippen molar-refractivity contribution in [3.05, 3.63) is 58.9 Å². The van der Waals surface area contributed by atoms with Crippen LogP contribution in [-0.2, 0) is 7.05 Å². The first kappa shape index (κ1) is 9.90. The monoisotopic (exact) mass is 225 g/mol. The molecule has 0 atom stereocenters. The van der Waals surface area contributed by atoms with Crippen LogP contribution in [0.3, 0.4) is 0 Å². The fourth-order valence-electron chi connectivity index (χ4n) is 1.90. The molecule has 3 heteroatoms. The summed E-state index contributed by atoms with van der Waals surface area (Å²) in [4.78, 5) is 11.7. The molecule has 3 rings (SSSR count). The van der Waals surface area contributed by atoms with Crippen LogP contribution in [0, 0.1) is 0 Å². The molecule has 0 saturated carbocycles. The Morgan fingerprint density at radius 3 is 2.59 bits per heavy atom. The van der Waals surface area contributed by atoms with Crippen molar-refractivity contribution in [2.75, 3.05) is 0 Å². The first-order chi connectivity index (χ1) is 8.25. The van der Waals surface area contributed by atoms with Crippen LogP contribution in [-0.4, -0.2) is 4.57 Å². The number of benzene rings is 1. The Bertz CT molecular complexity index is 723. The van der Waals surface area contributed by atoms with Crippen LogP contribution in [0.15, 0.2) is 57.9 Å². The maximum atomic E-state index is 11.7. The quantitative estimate of drug-likeness (QED) is 0.638. The zero-order valence-corrected chi connectivity index (χ0v) is 9.38. The Morgan fingerprint density at radius 2 is 1.88 bits per heavy atom. The summed E-state index contributed by atoms with van der Waals surface area (Å²) < 4.78 is 7.54. The average Bonchev–Trinajstić information content (AvgIpc) is 2.81. The third kappa shape index (κ3) is 1.56. The molecule has 0 aliphatic rings. The molecular weight excluding hydrogens is 214 g/mol. The molecule has 2 heterocycles. The Labute approximate surface area is 97.9 Å². The molecule has 0 spiro atoms. The lowest BCUT2D eigenvalue weighted by molar-refractivity contribution is 0.595. The van der Waals surface area contributed by atoms with E-state index < -0.39 is 0 Å². The molecular formula is C14H11NO2. The van der Waals surface area contributed by atoms with Crippen LogP contribution >= 0.6 is 0 Å². The van der Waals surface area contributed by atoms with E-state index in [9.17, 15) is 4.79 Å². The molecule has 0 unspecified atom stereocenters. The van der Waals surface area contributed by atoms with Crippen LogP contribution in [0.5, 0.6) is 0 Å². The molecule has 0 N–H and O–H groups in total. The maximum absolute atomic E-state index is 11.7. The topological polar surface area (TPSA) is 35.1 Å². The third-order valence-electron chi connectivity index (χ3n) is 2.81. The number of hydrogen-bond donors (Lipinski definition) is 0. The van der Waals surface area contributed by atoms with Crippen molar-refractivity contribution in [1.82, 2.24) is 4.57 Å². The lowest BCUT2D eigenvalue weighted by Gasteiger charge is -1.97. The minimum atomic E-state index is -0.0102. The van der Waals surface area contributed by atoms with E-state index >= 15 is 0 Å². The molecule has 1 aromatic carbocycles. The molecule has 0 amide bonds. The largest absolute Gasteiger partial charge is 0.439 e. The van der Waals surface area contributed by atoms with Gasteiger partial charge in [0.05, 0.1) is 5.39 Å². The van der Waals surface area contributed by atoms with E-state index in [1.165, 1.54) is 0 Å². The second-order valence-corrected chi connectivity index (χ2v) is 3.99. The molecule has 0 saturated heterocycles. The standard InChI is InChI=1S/C14H11NO2/c1-15-8-7-12(16)11-9-13(17-14(11)15)10-5-3-2-4-6-10/h2-9H,1H3. The number of pyridine rings is 1. The van der Waals surface area contributed by atoms with Crippen molar-refractivity contribution < 1.29 is 4.42 Å². The molecule has 3 nitrogen and oxygen atoms in total. The SMILES string of the molecule is Cn1ccc(=O)c2cc(-c3ccccc3)oc21. The van der Waals surface area contributed by atoms with E-state index in [1.807, 2.05) is 41.9 Å². The third-order valence-corrected chi connectivity index (χ3v) is 2.81. The lowest BCUT2D eigenvalue weighted by Crippen LogP contribution is -2.02. The van der Waals surface area contributed by atoms with Crippen molar-refractivity contribution >= 4 is 11.1 Å². The van der Waals surface area contributed by atoms with Gasteiger partial charge < -0.3 is 8.98 Å². The van der Waals surface area contributed by atoms with Crippen molar-refractivity contribution in [2.24, 2.45) is 7.05 Å². The number of furan rings is 1. The number of fused-ring (bicyclic) bond motifs is 1. The van der Waals surface area contributed by atoms with E-state index in [4.69, 9.17) is 4.42 Å². The van der Waals surface area contributed by atoms with Gasteiger partial charge in [-0.05, 0) is 6.07 Å². The summed E-state index contributed by atoms with van der Waals surface area (Å²) in [6, 6.07) is 13.1. The summed E-state index contributed by atoms with van der Waals surface area (Å²) in [5.74, 6) is 0.722. The predicted octanol–water partition coefficient (Wildman–Crippen LogP) is 2.80. The number of aryl methyl sites for hydroxylation is 1. The fourth-order valence-corrected chi connectivity index (χ4v) is 1.90. The second-order valence-electron chi connectivity index (χ2n) is 3.99. The molecule has 17 heavy (non-hydrogen) atoms. The summed E-state index contributed by atoms with van der Waals surface area (Å²) in [6.45, 7) is 0. The van der Waals surface area contributed by atoms with E-state index in [0.29, 0.717) is 11.1 Å². The predicted molar refractivity (Wildman–Crippen MR) is 66.9 cm³/mol. The molecule has 0 radical (unpaired) electrons. The Hall–Kier alpha value is -2.29. The van der Waals surface area contributed by atoms with Gasteiger partial charge in [0.2, 0.25) is 5.71 Å². The second kappa shape index (κ2) is 3.63. The normalized spacial score (nSPS) is 10.9. The molecule has 84 valence electrons. The minimum Gasteiger partial charge on any atom is -0.439 e. The highest BCUT2D eigenvalue weighted by Crippen LogP contribution is 2.25. The molecule has 0 bridgehead atoms. The van der Waals surface area contributed by atoms with E-state index in [2.05, 4.69) is 0 Å². The van der Waals surface area contributed by atoms with Gasteiger partial charge in [0, 0.05) is 24.9 Å². The average molecular weight is 225 g/mol. The minimum absolute atomic E-state index is 0.0102. The first-order valence-electron chi connectivity index (χ1n) is 5.40. The van der Waals surface area contributed by atoms with Crippen LogP contribution in [0.2, 0.25) is 0 Å². The van der Waals surface area contributed by atoms with Crippen molar-refractivity contribution in [1.29, 1.82) is 0 Å². The van der Waals surface area contributed by atoms with Gasteiger partial charge in [-0.15, -0.1) is 0 Å². The fraction of sp³-hybridized carbons (Fsp3) is 0.0714. The van der Waals surface area contributed by atoms with Crippen LogP contribution < -0.4 is 5.43 Å². The lowest BCUT2D eigenvalue weighted by atomic mass is 10.1. The van der Waals surface area contributed by atoms with Crippen molar-refractivity contribution in [2.45, 2.75) is 0 Å². The number of rotatable bonds is 1. The maximum Gasteiger partial charge on any atom is 0.211 e. The van der Waals surface area contributed by atoms with Crippen molar-refractivity contribution in [3.8, 4) is 11.3 Å². The van der Waals surface area contributed by atoms with E-state index in [-0.39, 0.29) is 5.43 Å². The molecule has 2 aromatic heterocycles. The van der Waals surface area contributed by atoms with E-state index in [1.54, 1.807) is 18.3 Å². The zero-order valence-electron chi connectivity index (χ0n) is 9.38. The van der Waals surface area contributed by atoms with Crippen LogP contribution in [0.25, 0.3) is 22.4 Å². The van der Waals surface area contributed by atoms with Gasteiger partial charge in [0.25, 0.3) is 0 Å². The Morgan fingerprint density at radius 1 is 1.12 bits per heavy atom. The first-order valence-corrected chi connectivity index (χ1v) is 5.40. The molecule has 0 aliphatic carbocycles. The Kier molecular flexibility index (Phi) is 2.11. The smallest absolute Gasteiger partial charge is 0.211 e. The highest BCUT2D eigenvalue weighted by Gasteiger charge is 2.09. The number of hydrogen-bond acceptors (Lipinski definition) is 2. The summed E-state index contributed by atoms with van der Waals surface area (Å²) in [7, 11) is 1.86. The van der Waals surface area contributed by atoms with Crippen molar-refractivity contribution in [3.63, 3.8) is 0 Å². The Balaban J connectivity index is 2.31. The zero-order chi connectivity index (χ0) is 11.8. The summed E-state index contributed by atoms with van der Waals surface area (Å²) in [6.07, 6.45) is 1.71. The van der Waals surface area contributed by atoms with Crippen LogP contribution in [0.4, 0.5) is 0 Å². The van der Waals surface area contributed by atoms with Gasteiger partial charge >= 0.3 is 0 Å². The molecule has 3 aromatic rings. The summed E-state index contributed by atoms with van der Waals surface area (Å²) >= 11 is 0. The van der Waals surface area contributed by atoms with Gasteiger partial charge in [-0.25, -0.2) is 0 Å². The summed E-state index contributed by atoms with van der Waals surface area (Å²) in [5.41, 5.74) is 1.57. The van der Waals surface area contributed by atoms with Gasteiger partial charge in [0.1, 0.15) is 5.76 Å². The van der Waals surface area contributed by atoms with Gasteiger partial charge in [-0.3, -0.25) is 4.79 Å². The van der Waals surface area contributed by atoms with Gasteiger partial charge in [-0.1, -0.05) is 30.3 Å². The van der Waals surface area contributed by atoms with Crippen LogP contribution in [0.1, 0.15) is 0 Å². The highest BCUT2D eigenvalue weighted by atomic mass is 16.3. The summed E-state index contributed by atoms with van der Waals surface area (Å²) in [5, 5.41) is 0.619. The number of aromatic nitrogens is 1. The van der Waals surface area contributed by atoms with E-state index in [0.717, 1.165) is 11.3 Å². The number of nitrogens with zero attached hydrogens (tertiary/aromatic N) is 1. The van der Waals surface area contributed by atoms with Gasteiger partial charge in [0.15, 0.2) is 5.43 Å². The molecule has 0 fully saturated rings. The highest BCUT2D eigenvalue weighted by molar-refractivity contribution is 5.80. The van der Waals surface area contributed by atoms with Gasteiger partial charge in [-0.2, -0.15) is 0 Å².